The van der Waals surface area contributed by atoms with Crippen molar-refractivity contribution in [3.05, 3.63) is 125 Å². The van der Waals surface area contributed by atoms with Gasteiger partial charge in [0.15, 0.2) is 11.4 Å². The molecule has 184 valence electrons. The molecule has 36 heavy (non-hydrogen) atoms. The van der Waals surface area contributed by atoms with Gasteiger partial charge in [0, 0.05) is 11.6 Å². The number of rotatable bonds is 8. The lowest BCUT2D eigenvalue weighted by atomic mass is 9.89. The molecule has 2 aromatic carbocycles. The summed E-state index contributed by atoms with van der Waals surface area (Å²) in [7, 11) is 2.59. The fourth-order valence-corrected chi connectivity index (χ4v) is 4.42. The largest absolute Gasteiger partial charge is 0.464 e. The van der Waals surface area contributed by atoms with Crippen molar-refractivity contribution in [3.8, 4) is 0 Å². The first-order valence-corrected chi connectivity index (χ1v) is 11.9. The van der Waals surface area contributed by atoms with Gasteiger partial charge in [-0.15, -0.1) is 0 Å². The summed E-state index contributed by atoms with van der Waals surface area (Å²) in [5.41, 5.74) is 3.95. The van der Waals surface area contributed by atoms with Crippen molar-refractivity contribution in [2.75, 3.05) is 14.2 Å². The molecule has 6 heteroatoms. The third-order valence-electron chi connectivity index (χ3n) is 6.24. The lowest BCUT2D eigenvalue weighted by Gasteiger charge is -2.28. The number of allylic oxidation sites excluding steroid dienone is 6. The molecule has 0 aliphatic heterocycles. The Kier molecular flexibility index (Phi) is 8.19. The number of hydrogen-bond acceptors (Lipinski definition) is 6. The van der Waals surface area contributed by atoms with E-state index in [0.29, 0.717) is 6.42 Å². The Morgan fingerprint density at radius 3 is 2.08 bits per heavy atom. The number of methoxy groups -OCH3 is 2. The molecule has 6 nitrogen and oxygen atoms in total. The van der Waals surface area contributed by atoms with Gasteiger partial charge in [-0.3, -0.25) is 0 Å². The molecular formula is C30H30N2O4. The van der Waals surface area contributed by atoms with E-state index in [1.807, 2.05) is 91.0 Å². The molecule has 0 heterocycles. The Balaban J connectivity index is 1.72. The molecule has 4 rings (SSSR count). The molecule has 2 N–H and O–H groups in total. The molecule has 0 saturated carbocycles. The van der Waals surface area contributed by atoms with E-state index in [1.165, 1.54) is 14.2 Å². The Morgan fingerprint density at radius 1 is 0.778 bits per heavy atom. The van der Waals surface area contributed by atoms with Crippen LogP contribution in [-0.4, -0.2) is 32.2 Å². The SMILES string of the molecule is COC(=O)/C(NC1=CC=CCC1c1ccccc1)=C(\NC1CC=CC=C1c1ccccc1)C(=O)OC. The van der Waals surface area contributed by atoms with Crippen molar-refractivity contribution in [1.29, 1.82) is 0 Å². The summed E-state index contributed by atoms with van der Waals surface area (Å²) < 4.78 is 10.2. The normalized spacial score (nSPS) is 19.4. The van der Waals surface area contributed by atoms with Crippen LogP contribution in [0.1, 0.15) is 29.9 Å². The molecule has 0 aromatic heterocycles. The number of ether oxygens (including phenoxy) is 2. The maximum absolute atomic E-state index is 13.0. The van der Waals surface area contributed by atoms with E-state index < -0.39 is 11.9 Å². The van der Waals surface area contributed by atoms with Crippen LogP contribution in [0.15, 0.2) is 114 Å². The second kappa shape index (κ2) is 11.9. The van der Waals surface area contributed by atoms with Crippen LogP contribution in [0.5, 0.6) is 0 Å². The van der Waals surface area contributed by atoms with Crippen molar-refractivity contribution < 1.29 is 19.1 Å². The highest BCUT2D eigenvalue weighted by Crippen LogP contribution is 2.31. The van der Waals surface area contributed by atoms with Crippen LogP contribution in [0.2, 0.25) is 0 Å². The monoisotopic (exact) mass is 482 g/mol. The van der Waals surface area contributed by atoms with Crippen LogP contribution in [0.25, 0.3) is 5.57 Å². The highest BCUT2D eigenvalue weighted by molar-refractivity contribution is 6.00. The molecule has 0 saturated heterocycles. The molecule has 2 aromatic rings. The molecule has 2 atom stereocenters. The second-order valence-corrected chi connectivity index (χ2v) is 8.46. The minimum atomic E-state index is -0.665. The van der Waals surface area contributed by atoms with Gasteiger partial charge in [0.2, 0.25) is 0 Å². The molecule has 0 radical (unpaired) electrons. The first-order valence-electron chi connectivity index (χ1n) is 11.9. The second-order valence-electron chi connectivity index (χ2n) is 8.46. The van der Waals surface area contributed by atoms with E-state index in [4.69, 9.17) is 9.47 Å². The summed E-state index contributed by atoms with van der Waals surface area (Å²) in [5, 5.41) is 6.52. The minimum absolute atomic E-state index is 0.00728. The summed E-state index contributed by atoms with van der Waals surface area (Å²) in [5.74, 6) is -1.33. The average Bonchev–Trinajstić information content (AvgIpc) is 2.95. The average molecular weight is 483 g/mol. The summed E-state index contributed by atoms with van der Waals surface area (Å²) in [6.07, 6.45) is 13.3. The topological polar surface area (TPSA) is 76.7 Å². The van der Waals surface area contributed by atoms with Crippen LogP contribution in [0, 0.1) is 0 Å². The maximum Gasteiger partial charge on any atom is 0.356 e. The molecule has 0 amide bonds. The van der Waals surface area contributed by atoms with Crippen molar-refractivity contribution in [2.24, 2.45) is 0 Å². The fourth-order valence-electron chi connectivity index (χ4n) is 4.42. The number of hydrogen-bond donors (Lipinski definition) is 2. The molecular weight excluding hydrogens is 452 g/mol. The van der Waals surface area contributed by atoms with E-state index >= 15 is 0 Å². The molecule has 2 unspecified atom stereocenters. The van der Waals surface area contributed by atoms with E-state index in [0.717, 1.165) is 28.8 Å². The van der Waals surface area contributed by atoms with Gasteiger partial charge in [0.1, 0.15) is 0 Å². The van der Waals surface area contributed by atoms with Crippen molar-refractivity contribution in [1.82, 2.24) is 10.6 Å². The zero-order valence-corrected chi connectivity index (χ0v) is 20.4. The molecule has 0 spiro atoms. The maximum atomic E-state index is 13.0. The lowest BCUT2D eigenvalue weighted by molar-refractivity contribution is -0.140. The quantitative estimate of drug-likeness (QED) is 0.417. The van der Waals surface area contributed by atoms with Crippen LogP contribution in [0.4, 0.5) is 0 Å². The first kappa shape index (κ1) is 24.8. The molecule has 2 aliphatic carbocycles. The Labute approximate surface area is 211 Å². The fraction of sp³-hybridized carbons (Fsp3) is 0.200. The van der Waals surface area contributed by atoms with Crippen LogP contribution in [-0.2, 0) is 19.1 Å². The van der Waals surface area contributed by atoms with Crippen molar-refractivity contribution in [2.45, 2.75) is 24.8 Å². The minimum Gasteiger partial charge on any atom is -0.464 e. The number of esters is 2. The number of carbonyl (C=O) groups excluding carboxylic acids is 2. The summed E-state index contributed by atoms with van der Waals surface area (Å²) in [4.78, 5) is 26.0. The van der Waals surface area contributed by atoms with E-state index in [2.05, 4.69) is 16.7 Å². The highest BCUT2D eigenvalue weighted by atomic mass is 16.5. The van der Waals surface area contributed by atoms with Gasteiger partial charge in [-0.25, -0.2) is 9.59 Å². The van der Waals surface area contributed by atoms with E-state index in [9.17, 15) is 9.59 Å². The first-order chi connectivity index (χ1) is 17.6. The van der Waals surface area contributed by atoms with Gasteiger partial charge in [-0.05, 0) is 35.6 Å². The highest BCUT2D eigenvalue weighted by Gasteiger charge is 2.29. The van der Waals surface area contributed by atoms with Gasteiger partial charge in [-0.1, -0.05) is 91.0 Å². The standard InChI is InChI=1S/C30H30N2O4/c1-35-29(33)27(31-25-19-11-9-17-23(25)21-13-5-3-6-14-21)28(30(34)36-2)32-26-20-12-10-18-24(26)22-15-7-4-8-16-22/h3-17,20,24-25,31-32H,18-19H2,1-2H3/b28-27+. The third-order valence-corrected chi connectivity index (χ3v) is 6.24. The summed E-state index contributed by atoms with van der Waals surface area (Å²) in [6.45, 7) is 0. The van der Waals surface area contributed by atoms with Gasteiger partial charge in [-0.2, -0.15) is 0 Å². The summed E-state index contributed by atoms with van der Waals surface area (Å²) in [6, 6.07) is 19.7. The molecule has 0 bridgehead atoms. The summed E-state index contributed by atoms with van der Waals surface area (Å²) >= 11 is 0. The van der Waals surface area contributed by atoms with Gasteiger partial charge in [0.25, 0.3) is 0 Å². The van der Waals surface area contributed by atoms with E-state index in [-0.39, 0.29) is 23.4 Å². The third kappa shape index (κ3) is 5.66. The lowest BCUT2D eigenvalue weighted by Crippen LogP contribution is -2.39. The zero-order chi connectivity index (χ0) is 25.3. The van der Waals surface area contributed by atoms with Crippen LogP contribution in [0.3, 0.4) is 0 Å². The number of nitrogens with one attached hydrogen (secondary N) is 2. The Bertz CT molecular complexity index is 1240. The molecule has 2 aliphatic rings. The number of carbonyl (C=O) groups is 2. The predicted octanol–water partition coefficient (Wildman–Crippen LogP) is 4.76. The van der Waals surface area contributed by atoms with E-state index in [1.54, 1.807) is 0 Å². The van der Waals surface area contributed by atoms with Gasteiger partial charge in [0.05, 0.1) is 20.3 Å². The van der Waals surface area contributed by atoms with Crippen LogP contribution < -0.4 is 10.6 Å². The van der Waals surface area contributed by atoms with Crippen LogP contribution >= 0.6 is 0 Å². The zero-order valence-electron chi connectivity index (χ0n) is 20.4. The Morgan fingerprint density at radius 2 is 1.39 bits per heavy atom. The number of benzene rings is 2. The van der Waals surface area contributed by atoms with Gasteiger partial charge < -0.3 is 20.1 Å². The van der Waals surface area contributed by atoms with Crippen molar-refractivity contribution in [3.63, 3.8) is 0 Å². The smallest absolute Gasteiger partial charge is 0.356 e. The Hall–Kier alpha value is -4.32. The van der Waals surface area contributed by atoms with Gasteiger partial charge >= 0.3 is 11.9 Å². The van der Waals surface area contributed by atoms with Crippen molar-refractivity contribution >= 4 is 17.5 Å². The molecule has 0 fully saturated rings. The predicted molar refractivity (Wildman–Crippen MR) is 140 cm³/mol.